The molecule has 1 aliphatic heterocycles. The molecule has 2 aromatic heterocycles. The predicted octanol–water partition coefficient (Wildman–Crippen LogP) is 2.03. The van der Waals surface area contributed by atoms with Crippen LogP contribution >= 0.6 is 0 Å². The van der Waals surface area contributed by atoms with E-state index in [0.29, 0.717) is 0 Å². The van der Waals surface area contributed by atoms with Crippen LogP contribution in [0.3, 0.4) is 0 Å². The number of nitrogens with one attached hydrogen (secondary N) is 1. The Hall–Kier alpha value is -2.08. The van der Waals surface area contributed by atoms with Gasteiger partial charge in [-0.2, -0.15) is 0 Å². The maximum Gasteiger partial charge on any atom is 0.193 e. The second-order valence-electron chi connectivity index (χ2n) is 7.56. The van der Waals surface area contributed by atoms with Crippen molar-refractivity contribution in [2.45, 2.75) is 27.2 Å². The fourth-order valence-corrected chi connectivity index (χ4v) is 3.62. The minimum atomic E-state index is 0.730. The van der Waals surface area contributed by atoms with Gasteiger partial charge in [0, 0.05) is 65.1 Å². The minimum Gasteiger partial charge on any atom is -0.356 e. The normalized spacial score (nSPS) is 16.7. The Bertz CT molecular complexity index is 740. The summed E-state index contributed by atoms with van der Waals surface area (Å²) in [6.45, 7) is 13.0. The lowest BCUT2D eigenvalue weighted by molar-refractivity contribution is 0.164. The van der Waals surface area contributed by atoms with E-state index in [1.807, 2.05) is 7.05 Å². The number of fused-ring (bicyclic) bond motifs is 1. The number of rotatable bonds is 5. The van der Waals surface area contributed by atoms with Crippen molar-refractivity contribution in [1.29, 1.82) is 0 Å². The van der Waals surface area contributed by atoms with Crippen molar-refractivity contribution in [2.24, 2.45) is 10.9 Å². The van der Waals surface area contributed by atoms with E-state index < -0.39 is 0 Å². The Morgan fingerprint density at radius 3 is 2.69 bits per heavy atom. The Kier molecular flexibility index (Phi) is 6.14. The fraction of sp³-hybridized carbons (Fsp3) is 0.600. The van der Waals surface area contributed by atoms with Crippen LogP contribution in [-0.4, -0.2) is 71.5 Å². The molecule has 3 heterocycles. The molecule has 142 valence electrons. The highest BCUT2D eigenvalue weighted by Gasteiger charge is 2.19. The van der Waals surface area contributed by atoms with Crippen molar-refractivity contribution in [3.05, 3.63) is 35.8 Å². The van der Waals surface area contributed by atoms with Crippen molar-refractivity contribution in [3.63, 3.8) is 0 Å². The van der Waals surface area contributed by atoms with Gasteiger partial charge in [0.05, 0.1) is 5.69 Å². The molecule has 1 aliphatic rings. The summed E-state index contributed by atoms with van der Waals surface area (Å²) in [4.78, 5) is 14.1. The molecule has 1 saturated heterocycles. The molecule has 6 nitrogen and oxygen atoms in total. The van der Waals surface area contributed by atoms with Gasteiger partial charge in [-0.25, -0.2) is 4.98 Å². The number of piperazine rings is 1. The average molecular weight is 357 g/mol. The number of nitrogens with zero attached hydrogens (tertiary/aromatic N) is 5. The van der Waals surface area contributed by atoms with Gasteiger partial charge in [0.1, 0.15) is 5.65 Å². The first-order valence-corrected chi connectivity index (χ1v) is 9.68. The number of aryl methyl sites for hydroxylation is 1. The average Bonchev–Trinajstić information content (AvgIpc) is 3.04. The molecule has 0 spiro atoms. The zero-order valence-electron chi connectivity index (χ0n) is 16.6. The highest BCUT2D eigenvalue weighted by Crippen LogP contribution is 2.10. The van der Waals surface area contributed by atoms with Crippen LogP contribution in [0, 0.1) is 12.8 Å². The quantitative estimate of drug-likeness (QED) is 0.658. The molecule has 0 atom stereocenters. The van der Waals surface area contributed by atoms with Crippen LogP contribution in [0.25, 0.3) is 5.65 Å². The van der Waals surface area contributed by atoms with Crippen LogP contribution in [-0.2, 0) is 6.42 Å². The smallest absolute Gasteiger partial charge is 0.193 e. The van der Waals surface area contributed by atoms with Crippen LogP contribution < -0.4 is 5.32 Å². The van der Waals surface area contributed by atoms with E-state index in [2.05, 4.69) is 69.8 Å². The second kappa shape index (κ2) is 8.54. The van der Waals surface area contributed by atoms with E-state index in [4.69, 9.17) is 4.98 Å². The monoisotopic (exact) mass is 356 g/mol. The molecule has 0 radical (unpaired) electrons. The molecule has 0 saturated carbocycles. The van der Waals surface area contributed by atoms with Crippen LogP contribution in [0.1, 0.15) is 25.1 Å². The Balaban J connectivity index is 1.49. The Morgan fingerprint density at radius 1 is 1.27 bits per heavy atom. The van der Waals surface area contributed by atoms with E-state index in [0.717, 1.165) is 62.4 Å². The summed E-state index contributed by atoms with van der Waals surface area (Å²) in [7, 11) is 1.87. The molecule has 1 N–H and O–H groups in total. The Labute approximate surface area is 156 Å². The Morgan fingerprint density at radius 2 is 2.04 bits per heavy atom. The lowest BCUT2D eigenvalue weighted by atomic mass is 10.2. The summed E-state index contributed by atoms with van der Waals surface area (Å²) in [6.07, 6.45) is 5.08. The summed E-state index contributed by atoms with van der Waals surface area (Å²) in [5.74, 6) is 1.74. The first-order valence-electron chi connectivity index (χ1n) is 9.68. The van der Waals surface area contributed by atoms with Gasteiger partial charge < -0.3 is 14.6 Å². The standard InChI is InChI=1S/C20H32N6/c1-16(2)14-24-10-12-25(13-11-24)20(21-4)22-8-7-18-15-26-9-5-6-17(3)19(26)23-18/h5-6,9,15-16H,7-8,10-14H2,1-4H3,(H,21,22). The van der Waals surface area contributed by atoms with Gasteiger partial charge in [-0.1, -0.05) is 19.9 Å². The van der Waals surface area contributed by atoms with Crippen molar-refractivity contribution in [2.75, 3.05) is 46.3 Å². The summed E-state index contributed by atoms with van der Waals surface area (Å²) in [5, 5.41) is 3.51. The molecular formula is C20H32N6. The zero-order chi connectivity index (χ0) is 18.5. The molecule has 0 aromatic carbocycles. The molecule has 2 aromatic rings. The summed E-state index contributed by atoms with van der Waals surface area (Å²) < 4.78 is 2.10. The van der Waals surface area contributed by atoms with E-state index in [1.54, 1.807) is 0 Å². The molecular weight excluding hydrogens is 324 g/mol. The first-order chi connectivity index (χ1) is 12.6. The highest BCUT2D eigenvalue weighted by atomic mass is 15.3. The summed E-state index contributed by atoms with van der Waals surface area (Å²) in [5.41, 5.74) is 3.37. The van der Waals surface area contributed by atoms with Crippen LogP contribution in [0.15, 0.2) is 29.5 Å². The van der Waals surface area contributed by atoms with Gasteiger partial charge >= 0.3 is 0 Å². The molecule has 6 heteroatoms. The molecule has 26 heavy (non-hydrogen) atoms. The van der Waals surface area contributed by atoms with Crippen LogP contribution in [0.2, 0.25) is 0 Å². The van der Waals surface area contributed by atoms with Gasteiger partial charge in [0.15, 0.2) is 5.96 Å². The number of pyridine rings is 1. The van der Waals surface area contributed by atoms with E-state index in [1.165, 1.54) is 12.1 Å². The third-order valence-corrected chi connectivity index (χ3v) is 4.90. The van der Waals surface area contributed by atoms with E-state index in [-0.39, 0.29) is 0 Å². The third-order valence-electron chi connectivity index (χ3n) is 4.90. The van der Waals surface area contributed by atoms with E-state index in [9.17, 15) is 0 Å². The lowest BCUT2D eigenvalue weighted by Gasteiger charge is -2.37. The predicted molar refractivity (Wildman–Crippen MR) is 108 cm³/mol. The first kappa shape index (κ1) is 18.7. The van der Waals surface area contributed by atoms with Gasteiger partial charge in [0.25, 0.3) is 0 Å². The summed E-state index contributed by atoms with van der Waals surface area (Å²) >= 11 is 0. The molecule has 0 bridgehead atoms. The number of guanidine groups is 1. The van der Waals surface area contributed by atoms with Crippen molar-refractivity contribution >= 4 is 11.6 Å². The largest absolute Gasteiger partial charge is 0.356 e. The third kappa shape index (κ3) is 4.55. The fourth-order valence-electron chi connectivity index (χ4n) is 3.62. The minimum absolute atomic E-state index is 0.730. The maximum atomic E-state index is 4.75. The lowest BCUT2D eigenvalue weighted by Crippen LogP contribution is -2.53. The van der Waals surface area contributed by atoms with Crippen molar-refractivity contribution < 1.29 is 0 Å². The van der Waals surface area contributed by atoms with Crippen molar-refractivity contribution in [1.82, 2.24) is 24.5 Å². The molecule has 0 aliphatic carbocycles. The van der Waals surface area contributed by atoms with Gasteiger partial charge in [-0.3, -0.25) is 9.89 Å². The zero-order valence-corrected chi connectivity index (χ0v) is 16.6. The number of hydrogen-bond donors (Lipinski definition) is 1. The number of imidazole rings is 1. The second-order valence-corrected chi connectivity index (χ2v) is 7.56. The van der Waals surface area contributed by atoms with Gasteiger partial charge in [-0.15, -0.1) is 0 Å². The highest BCUT2D eigenvalue weighted by molar-refractivity contribution is 5.80. The van der Waals surface area contributed by atoms with Gasteiger partial charge in [-0.05, 0) is 24.5 Å². The maximum absolute atomic E-state index is 4.75. The number of hydrogen-bond acceptors (Lipinski definition) is 3. The molecule has 0 unspecified atom stereocenters. The summed E-state index contributed by atoms with van der Waals surface area (Å²) in [6, 6.07) is 4.16. The van der Waals surface area contributed by atoms with E-state index >= 15 is 0 Å². The molecule has 1 fully saturated rings. The van der Waals surface area contributed by atoms with Gasteiger partial charge in [0.2, 0.25) is 0 Å². The SMILES string of the molecule is CN=C(NCCc1cn2cccc(C)c2n1)N1CCN(CC(C)C)CC1. The number of aliphatic imine (C=N–C) groups is 1. The topological polar surface area (TPSA) is 48.2 Å². The van der Waals surface area contributed by atoms with Crippen molar-refractivity contribution in [3.8, 4) is 0 Å². The number of aromatic nitrogens is 2. The molecule has 0 amide bonds. The van der Waals surface area contributed by atoms with Crippen LogP contribution in [0.5, 0.6) is 0 Å². The molecule has 3 rings (SSSR count). The van der Waals surface area contributed by atoms with Crippen LogP contribution in [0.4, 0.5) is 0 Å².